The molecule has 0 aliphatic rings. The van der Waals surface area contributed by atoms with Gasteiger partial charge < -0.3 is 10.1 Å². The highest BCUT2D eigenvalue weighted by Crippen LogP contribution is 2.21. The van der Waals surface area contributed by atoms with Crippen molar-refractivity contribution >= 4 is 5.82 Å². The summed E-state index contributed by atoms with van der Waals surface area (Å²) >= 11 is 0. The average molecular weight is 273 g/mol. The highest BCUT2D eigenvalue weighted by molar-refractivity contribution is 5.53. The van der Waals surface area contributed by atoms with Crippen LogP contribution in [0.3, 0.4) is 0 Å². The highest BCUT2D eigenvalue weighted by atomic mass is 16.5. The van der Waals surface area contributed by atoms with Gasteiger partial charge >= 0.3 is 0 Å². The minimum atomic E-state index is 0.320. The van der Waals surface area contributed by atoms with E-state index in [1.807, 2.05) is 13.0 Å². The lowest BCUT2D eigenvalue weighted by Crippen LogP contribution is -2.06. The van der Waals surface area contributed by atoms with Crippen molar-refractivity contribution in [3.8, 4) is 17.4 Å². The molecule has 0 aliphatic carbocycles. The summed E-state index contributed by atoms with van der Waals surface area (Å²) in [5, 5.41) is 11.3. The van der Waals surface area contributed by atoms with Crippen molar-refractivity contribution in [3.05, 3.63) is 23.9 Å². The number of ether oxygens (including phenoxy) is 1. The molecule has 2 aromatic rings. The van der Waals surface area contributed by atoms with E-state index in [1.165, 1.54) is 0 Å². The Kier molecular flexibility index (Phi) is 4.45. The van der Waals surface area contributed by atoms with Crippen LogP contribution < -0.4 is 10.1 Å². The Bertz CT molecular complexity index is 568. The number of hydrogen-bond acceptors (Lipinski definition) is 6. The Morgan fingerprint density at radius 3 is 2.55 bits per heavy atom. The molecule has 6 nitrogen and oxygen atoms in total. The van der Waals surface area contributed by atoms with E-state index in [9.17, 15) is 0 Å². The topological polar surface area (TPSA) is 72.8 Å². The van der Waals surface area contributed by atoms with E-state index in [1.54, 1.807) is 19.2 Å². The van der Waals surface area contributed by atoms with Crippen molar-refractivity contribution in [1.29, 1.82) is 0 Å². The summed E-state index contributed by atoms with van der Waals surface area (Å²) < 4.78 is 5.00. The molecule has 0 amide bonds. The molecule has 0 aromatic carbocycles. The van der Waals surface area contributed by atoms with Gasteiger partial charge in [-0.05, 0) is 18.9 Å². The summed E-state index contributed by atoms with van der Waals surface area (Å²) in [4.78, 5) is 9.01. The van der Waals surface area contributed by atoms with Crippen LogP contribution in [0, 0.1) is 0 Å². The number of nitrogens with one attached hydrogen (secondary N) is 1. The lowest BCUT2D eigenvalue weighted by atomic mass is 10.1. The minimum absolute atomic E-state index is 0.320. The molecule has 0 spiro atoms. The van der Waals surface area contributed by atoms with Gasteiger partial charge in [0.1, 0.15) is 11.5 Å². The Morgan fingerprint density at radius 1 is 1.20 bits per heavy atom. The zero-order valence-corrected chi connectivity index (χ0v) is 12.2. The predicted octanol–water partition coefficient (Wildman–Crippen LogP) is 2.50. The van der Waals surface area contributed by atoms with Gasteiger partial charge in [-0.15, -0.1) is 10.2 Å². The van der Waals surface area contributed by atoms with Crippen LogP contribution in [-0.4, -0.2) is 33.8 Å². The fourth-order valence-corrected chi connectivity index (χ4v) is 1.70. The van der Waals surface area contributed by atoms with E-state index in [0.717, 1.165) is 18.1 Å². The zero-order chi connectivity index (χ0) is 14.5. The molecule has 106 valence electrons. The lowest BCUT2D eigenvalue weighted by molar-refractivity contribution is 0.392. The van der Waals surface area contributed by atoms with Crippen LogP contribution in [-0.2, 0) is 0 Å². The normalized spacial score (nSPS) is 10.7. The predicted molar refractivity (Wildman–Crippen MR) is 77.9 cm³/mol. The number of hydrogen-bond donors (Lipinski definition) is 1. The third-order valence-electron chi connectivity index (χ3n) is 2.77. The lowest BCUT2D eigenvalue weighted by Gasteiger charge is -2.10. The van der Waals surface area contributed by atoms with E-state index in [-0.39, 0.29) is 0 Å². The first-order valence-corrected chi connectivity index (χ1v) is 6.65. The first-order valence-electron chi connectivity index (χ1n) is 6.65. The molecule has 2 aromatic heterocycles. The van der Waals surface area contributed by atoms with Gasteiger partial charge in [0.25, 0.3) is 0 Å². The van der Waals surface area contributed by atoms with Crippen LogP contribution in [0.25, 0.3) is 11.5 Å². The quantitative estimate of drug-likeness (QED) is 0.902. The van der Waals surface area contributed by atoms with Crippen LogP contribution in [0.5, 0.6) is 5.88 Å². The van der Waals surface area contributed by atoms with Gasteiger partial charge in [0.15, 0.2) is 5.82 Å². The molecule has 6 heteroatoms. The van der Waals surface area contributed by atoms with Crippen LogP contribution in [0.2, 0.25) is 0 Å². The number of nitrogens with zero attached hydrogens (tertiary/aromatic N) is 4. The molecule has 0 aliphatic heterocycles. The SMILES string of the molecule is CCNc1cc(C(C)C)nc(-c2ccc(OC)nn2)n1. The Morgan fingerprint density at radius 2 is 2.00 bits per heavy atom. The van der Waals surface area contributed by atoms with Gasteiger partial charge in [0, 0.05) is 24.4 Å². The second-order valence-electron chi connectivity index (χ2n) is 4.65. The Balaban J connectivity index is 2.42. The number of methoxy groups -OCH3 is 1. The molecule has 2 heterocycles. The van der Waals surface area contributed by atoms with Crippen LogP contribution in [0.15, 0.2) is 18.2 Å². The fraction of sp³-hybridized carbons (Fsp3) is 0.429. The molecule has 1 N–H and O–H groups in total. The molecular weight excluding hydrogens is 254 g/mol. The van der Waals surface area contributed by atoms with Gasteiger partial charge in [-0.2, -0.15) is 0 Å². The van der Waals surface area contributed by atoms with E-state index < -0.39 is 0 Å². The zero-order valence-electron chi connectivity index (χ0n) is 12.2. The summed E-state index contributed by atoms with van der Waals surface area (Å²) in [5.74, 6) is 2.17. The maximum atomic E-state index is 5.00. The van der Waals surface area contributed by atoms with Crippen LogP contribution in [0.4, 0.5) is 5.82 Å². The molecule has 0 radical (unpaired) electrons. The van der Waals surface area contributed by atoms with E-state index in [2.05, 4.69) is 39.3 Å². The van der Waals surface area contributed by atoms with Crippen molar-refractivity contribution in [1.82, 2.24) is 20.2 Å². The monoisotopic (exact) mass is 273 g/mol. The third-order valence-corrected chi connectivity index (χ3v) is 2.77. The number of anilines is 1. The maximum Gasteiger partial charge on any atom is 0.233 e. The molecule has 0 saturated carbocycles. The van der Waals surface area contributed by atoms with Gasteiger partial charge in [0.05, 0.1) is 7.11 Å². The minimum Gasteiger partial charge on any atom is -0.480 e. The van der Waals surface area contributed by atoms with Crippen LogP contribution >= 0.6 is 0 Å². The summed E-state index contributed by atoms with van der Waals surface area (Å²) in [5.41, 5.74) is 1.61. The van der Waals surface area contributed by atoms with Gasteiger partial charge in [0.2, 0.25) is 5.88 Å². The first kappa shape index (κ1) is 14.2. The van der Waals surface area contributed by atoms with Crippen LogP contribution in [0.1, 0.15) is 32.4 Å². The van der Waals surface area contributed by atoms with Crippen molar-refractivity contribution in [2.24, 2.45) is 0 Å². The molecular formula is C14H19N5O. The summed E-state index contributed by atoms with van der Waals surface area (Å²) in [6.45, 7) is 7.04. The number of rotatable bonds is 5. The smallest absolute Gasteiger partial charge is 0.233 e. The van der Waals surface area contributed by atoms with Crippen molar-refractivity contribution in [2.75, 3.05) is 19.0 Å². The standard InChI is InChI=1S/C14H19N5O/c1-5-15-12-8-11(9(2)3)16-14(17-12)10-6-7-13(20-4)19-18-10/h6-9H,5H2,1-4H3,(H,15,16,17). The molecule has 0 atom stereocenters. The summed E-state index contributed by atoms with van der Waals surface area (Å²) in [7, 11) is 1.56. The van der Waals surface area contributed by atoms with Crippen molar-refractivity contribution in [2.45, 2.75) is 26.7 Å². The number of aromatic nitrogens is 4. The molecule has 0 bridgehead atoms. The Labute approximate surface area is 118 Å². The van der Waals surface area contributed by atoms with E-state index in [0.29, 0.717) is 23.3 Å². The summed E-state index contributed by atoms with van der Waals surface area (Å²) in [6, 6.07) is 5.52. The maximum absolute atomic E-state index is 5.00. The molecule has 0 fully saturated rings. The van der Waals surface area contributed by atoms with Crippen molar-refractivity contribution in [3.63, 3.8) is 0 Å². The molecule has 0 saturated heterocycles. The average Bonchev–Trinajstić information content (AvgIpc) is 2.47. The van der Waals surface area contributed by atoms with Gasteiger partial charge in [-0.3, -0.25) is 0 Å². The van der Waals surface area contributed by atoms with Gasteiger partial charge in [-0.1, -0.05) is 13.8 Å². The summed E-state index contributed by atoms with van der Waals surface area (Å²) in [6.07, 6.45) is 0. The third kappa shape index (κ3) is 3.20. The molecule has 2 rings (SSSR count). The fourth-order valence-electron chi connectivity index (χ4n) is 1.70. The second kappa shape index (κ2) is 6.27. The van der Waals surface area contributed by atoms with E-state index >= 15 is 0 Å². The largest absolute Gasteiger partial charge is 0.480 e. The van der Waals surface area contributed by atoms with Gasteiger partial charge in [-0.25, -0.2) is 9.97 Å². The van der Waals surface area contributed by atoms with E-state index in [4.69, 9.17) is 4.74 Å². The highest BCUT2D eigenvalue weighted by Gasteiger charge is 2.11. The molecule has 0 unspecified atom stereocenters. The van der Waals surface area contributed by atoms with Crippen molar-refractivity contribution < 1.29 is 4.74 Å². The molecule has 20 heavy (non-hydrogen) atoms. The second-order valence-corrected chi connectivity index (χ2v) is 4.65. The first-order chi connectivity index (χ1) is 9.63. The Hall–Kier alpha value is -2.24.